The van der Waals surface area contributed by atoms with Crippen LogP contribution in [0, 0.1) is 20.8 Å². The Bertz CT molecular complexity index is 645. The van der Waals surface area contributed by atoms with Crippen molar-refractivity contribution in [2.45, 2.75) is 20.8 Å². The van der Waals surface area contributed by atoms with Crippen LogP contribution in [0.25, 0.3) is 0 Å². The molecule has 0 radical (unpaired) electrons. The fraction of sp³-hybridized carbons (Fsp3) is 0.316. The molecule has 2 aromatic carbocycles. The molecule has 0 aliphatic carbocycles. The molecule has 0 fully saturated rings. The van der Waals surface area contributed by atoms with E-state index in [1.54, 1.807) is 0 Å². The minimum Gasteiger partial charge on any atom is -0.373 e. The Morgan fingerprint density at radius 1 is 0.957 bits per heavy atom. The van der Waals surface area contributed by atoms with Crippen LogP contribution in [0.3, 0.4) is 0 Å². The van der Waals surface area contributed by atoms with Gasteiger partial charge in [0, 0.05) is 31.5 Å². The van der Waals surface area contributed by atoms with E-state index in [0.717, 1.165) is 18.8 Å². The van der Waals surface area contributed by atoms with Gasteiger partial charge in [0.2, 0.25) is 0 Å². The van der Waals surface area contributed by atoms with Gasteiger partial charge in [0.05, 0.1) is 0 Å². The van der Waals surface area contributed by atoms with Gasteiger partial charge in [-0.15, -0.1) is 0 Å². The van der Waals surface area contributed by atoms with Crippen molar-refractivity contribution in [3.05, 3.63) is 59.2 Å². The van der Waals surface area contributed by atoms with Crippen LogP contribution in [0.4, 0.5) is 11.4 Å². The third-order valence-corrected chi connectivity index (χ3v) is 3.93. The van der Waals surface area contributed by atoms with Crippen molar-refractivity contribution >= 4 is 28.7 Å². The highest BCUT2D eigenvalue weighted by Gasteiger charge is 2.02. The Kier molecular flexibility index (Phi) is 5.99. The van der Waals surface area contributed by atoms with E-state index in [0.29, 0.717) is 5.11 Å². The van der Waals surface area contributed by atoms with Crippen LogP contribution in [0.1, 0.15) is 16.7 Å². The Balaban J connectivity index is 1.79. The third kappa shape index (κ3) is 5.57. The number of nitrogens with one attached hydrogen (secondary N) is 2. The summed E-state index contributed by atoms with van der Waals surface area (Å²) in [5, 5.41) is 7.17. The van der Waals surface area contributed by atoms with Crippen molar-refractivity contribution in [3.8, 4) is 0 Å². The molecular weight excluding hydrogens is 302 g/mol. The van der Waals surface area contributed by atoms with Crippen molar-refractivity contribution in [2.75, 3.05) is 30.4 Å². The molecule has 0 heterocycles. The summed E-state index contributed by atoms with van der Waals surface area (Å²) in [7, 11) is 2.09. The molecule has 2 N–H and O–H groups in total. The second-order valence-electron chi connectivity index (χ2n) is 6.01. The summed E-state index contributed by atoms with van der Waals surface area (Å²) in [5.41, 5.74) is 5.99. The van der Waals surface area contributed by atoms with E-state index < -0.39 is 0 Å². The standard InChI is InChI=1S/C19H25N3S/c1-14-5-7-18(8-6-14)22(4)10-9-20-19(23)21-17-12-15(2)11-16(3)13-17/h5-8,11-13H,9-10H2,1-4H3,(H2,20,21,23). The highest BCUT2D eigenvalue weighted by molar-refractivity contribution is 7.80. The van der Waals surface area contributed by atoms with E-state index in [4.69, 9.17) is 12.2 Å². The van der Waals surface area contributed by atoms with Crippen LogP contribution in [0.2, 0.25) is 0 Å². The fourth-order valence-corrected chi connectivity index (χ4v) is 2.71. The zero-order chi connectivity index (χ0) is 16.8. The maximum Gasteiger partial charge on any atom is 0.170 e. The molecule has 23 heavy (non-hydrogen) atoms. The Morgan fingerprint density at radius 3 is 2.17 bits per heavy atom. The van der Waals surface area contributed by atoms with Crippen LogP contribution < -0.4 is 15.5 Å². The van der Waals surface area contributed by atoms with Crippen molar-refractivity contribution < 1.29 is 0 Å². The van der Waals surface area contributed by atoms with Crippen LogP contribution in [0.5, 0.6) is 0 Å². The number of benzene rings is 2. The van der Waals surface area contributed by atoms with Crippen molar-refractivity contribution in [1.29, 1.82) is 0 Å². The lowest BCUT2D eigenvalue weighted by Crippen LogP contribution is -2.35. The summed E-state index contributed by atoms with van der Waals surface area (Å²) < 4.78 is 0. The number of likely N-dealkylation sites (N-methyl/N-ethyl adjacent to an activating group) is 1. The maximum atomic E-state index is 5.37. The monoisotopic (exact) mass is 327 g/mol. The molecule has 0 saturated heterocycles. The predicted octanol–water partition coefficient (Wildman–Crippen LogP) is 4.03. The van der Waals surface area contributed by atoms with Crippen LogP contribution in [0.15, 0.2) is 42.5 Å². The lowest BCUT2D eigenvalue weighted by atomic mass is 10.1. The summed E-state index contributed by atoms with van der Waals surface area (Å²) in [5.74, 6) is 0. The van der Waals surface area contributed by atoms with Gasteiger partial charge < -0.3 is 15.5 Å². The molecule has 0 atom stereocenters. The first-order chi connectivity index (χ1) is 10.9. The van der Waals surface area contributed by atoms with Gasteiger partial charge in [-0.25, -0.2) is 0 Å². The molecule has 0 bridgehead atoms. The quantitative estimate of drug-likeness (QED) is 0.811. The van der Waals surface area contributed by atoms with Crippen LogP contribution in [-0.4, -0.2) is 25.2 Å². The normalized spacial score (nSPS) is 10.3. The molecule has 0 unspecified atom stereocenters. The molecule has 122 valence electrons. The van der Waals surface area contributed by atoms with Gasteiger partial charge >= 0.3 is 0 Å². The van der Waals surface area contributed by atoms with Crippen LogP contribution in [-0.2, 0) is 0 Å². The number of nitrogens with zero attached hydrogens (tertiary/aromatic N) is 1. The predicted molar refractivity (Wildman–Crippen MR) is 105 cm³/mol. The number of hydrogen-bond donors (Lipinski definition) is 2. The van der Waals surface area contributed by atoms with Crippen molar-refractivity contribution in [1.82, 2.24) is 5.32 Å². The number of hydrogen-bond acceptors (Lipinski definition) is 2. The topological polar surface area (TPSA) is 27.3 Å². The zero-order valence-corrected chi connectivity index (χ0v) is 15.1. The van der Waals surface area contributed by atoms with Crippen LogP contribution >= 0.6 is 12.2 Å². The van der Waals surface area contributed by atoms with Gasteiger partial charge in [-0.2, -0.15) is 0 Å². The Morgan fingerprint density at radius 2 is 1.57 bits per heavy atom. The maximum absolute atomic E-state index is 5.37. The summed E-state index contributed by atoms with van der Waals surface area (Å²) in [6.07, 6.45) is 0. The van der Waals surface area contributed by atoms with Gasteiger partial charge in [-0.1, -0.05) is 23.8 Å². The van der Waals surface area contributed by atoms with E-state index >= 15 is 0 Å². The first-order valence-electron chi connectivity index (χ1n) is 7.85. The summed E-state index contributed by atoms with van der Waals surface area (Å²) in [6.45, 7) is 7.96. The Labute approximate surface area is 144 Å². The number of anilines is 2. The van der Waals surface area contributed by atoms with Gasteiger partial charge in [0.15, 0.2) is 5.11 Å². The minimum absolute atomic E-state index is 0.660. The van der Waals surface area contributed by atoms with Gasteiger partial charge in [-0.3, -0.25) is 0 Å². The molecule has 0 spiro atoms. The largest absolute Gasteiger partial charge is 0.373 e. The van der Waals surface area contributed by atoms with E-state index in [1.807, 2.05) is 0 Å². The van der Waals surface area contributed by atoms with E-state index in [9.17, 15) is 0 Å². The number of thiocarbonyl (C=S) groups is 1. The highest BCUT2D eigenvalue weighted by atomic mass is 32.1. The first kappa shape index (κ1) is 17.3. The van der Waals surface area contributed by atoms with E-state index in [-0.39, 0.29) is 0 Å². The fourth-order valence-electron chi connectivity index (χ4n) is 2.49. The summed E-state index contributed by atoms with van der Waals surface area (Å²) in [4.78, 5) is 2.21. The van der Waals surface area contributed by atoms with Gasteiger partial charge in [0.1, 0.15) is 0 Å². The second-order valence-corrected chi connectivity index (χ2v) is 6.42. The SMILES string of the molecule is Cc1ccc(N(C)CCNC(=S)Nc2cc(C)cc(C)c2)cc1. The average Bonchev–Trinajstić information content (AvgIpc) is 2.46. The number of aryl methyl sites for hydroxylation is 3. The molecule has 0 saturated carbocycles. The van der Waals surface area contributed by atoms with Gasteiger partial charge in [-0.05, 0) is 68.4 Å². The lowest BCUT2D eigenvalue weighted by molar-refractivity contribution is 0.827. The molecule has 2 aromatic rings. The molecule has 0 aliphatic heterocycles. The second kappa shape index (κ2) is 7.97. The first-order valence-corrected chi connectivity index (χ1v) is 8.26. The molecule has 2 rings (SSSR count). The lowest BCUT2D eigenvalue weighted by Gasteiger charge is -2.20. The summed E-state index contributed by atoms with van der Waals surface area (Å²) in [6, 6.07) is 14.9. The molecule has 0 aromatic heterocycles. The molecule has 0 amide bonds. The minimum atomic E-state index is 0.660. The molecule has 3 nitrogen and oxygen atoms in total. The van der Waals surface area contributed by atoms with E-state index in [1.165, 1.54) is 22.4 Å². The highest BCUT2D eigenvalue weighted by Crippen LogP contribution is 2.14. The molecule has 0 aliphatic rings. The smallest absolute Gasteiger partial charge is 0.170 e. The Hall–Kier alpha value is -2.07. The van der Waals surface area contributed by atoms with Crippen molar-refractivity contribution in [2.24, 2.45) is 0 Å². The van der Waals surface area contributed by atoms with Gasteiger partial charge in [0.25, 0.3) is 0 Å². The van der Waals surface area contributed by atoms with E-state index in [2.05, 4.69) is 85.8 Å². The molecule has 4 heteroatoms. The van der Waals surface area contributed by atoms with Crippen molar-refractivity contribution in [3.63, 3.8) is 0 Å². The molecular formula is C19H25N3S. The zero-order valence-electron chi connectivity index (χ0n) is 14.3. The average molecular weight is 327 g/mol. The number of rotatable bonds is 5. The third-order valence-electron chi connectivity index (χ3n) is 3.69. The summed E-state index contributed by atoms with van der Waals surface area (Å²) >= 11 is 5.37.